The first-order chi connectivity index (χ1) is 10.0. The molecule has 23 heavy (non-hydrogen) atoms. The Morgan fingerprint density at radius 3 is 1.35 bits per heavy atom. The van der Waals surface area contributed by atoms with E-state index in [2.05, 4.69) is 4.62 Å². The van der Waals surface area contributed by atoms with Gasteiger partial charge < -0.3 is 0 Å². The Bertz CT molecular complexity index is 344. The van der Waals surface area contributed by atoms with Crippen LogP contribution in [0.15, 0.2) is 0 Å². The molecule has 2 fully saturated rings. The zero-order valence-electron chi connectivity index (χ0n) is 11.8. The van der Waals surface area contributed by atoms with Gasteiger partial charge in [-0.15, -0.1) is 73.8 Å². The van der Waals surface area contributed by atoms with Crippen molar-refractivity contribution < 1.29 is 18.3 Å². The average Bonchev–Trinajstić information content (AvgIpc) is 2.92. The number of hydroxylamine groups is 2. The quantitative estimate of drug-likeness (QED) is 0.444. The molecule has 0 aromatic rings. The second kappa shape index (κ2) is 11.1. The van der Waals surface area contributed by atoms with Crippen LogP contribution in [0.1, 0.15) is 12.8 Å². The zero-order chi connectivity index (χ0) is 17.1. The van der Waals surface area contributed by atoms with E-state index in [9.17, 15) is 8.76 Å². The maximum absolute atomic E-state index is 11.9. The lowest BCUT2D eigenvalue weighted by Gasteiger charge is -2.37. The molecule has 1 N–H and O–H groups in total. The van der Waals surface area contributed by atoms with Crippen LogP contribution < -0.4 is 0 Å². The Hall–Kier alpha value is 2.21. The monoisotopic (exact) mass is 491 g/mol. The molecule has 1 saturated carbocycles. The largest absolute Gasteiger partial charge is 0.527 e. The number of nitrogens with zero attached hydrogens (tertiary/aromatic N) is 1. The van der Waals surface area contributed by atoms with Crippen molar-refractivity contribution in [1.29, 1.82) is 0 Å². The van der Waals surface area contributed by atoms with E-state index in [0.29, 0.717) is 13.1 Å². The highest BCUT2D eigenvalue weighted by atomic mass is 35.5. The van der Waals surface area contributed by atoms with E-state index in [4.69, 9.17) is 74.5 Å². The smallest absolute Gasteiger partial charge is 0.298 e. The van der Waals surface area contributed by atoms with E-state index >= 15 is 0 Å². The first-order valence-corrected chi connectivity index (χ1v) is 10.4. The molecule has 0 radical (unpaired) electrons. The van der Waals surface area contributed by atoms with Crippen LogP contribution in [0, 0.1) is 0 Å². The van der Waals surface area contributed by atoms with E-state index in [1.165, 1.54) is 5.06 Å². The summed E-state index contributed by atoms with van der Waals surface area (Å²) in [4.78, 5) is 8.10. The van der Waals surface area contributed by atoms with Gasteiger partial charge in [-0.1, -0.05) is 0 Å². The topological polar surface area (TPSA) is 49.8 Å². The fourth-order valence-corrected chi connectivity index (χ4v) is 4.74. The summed E-state index contributed by atoms with van der Waals surface area (Å²) in [5, 5.41) is -1.44. The molecule has 1 saturated heterocycles. The van der Waals surface area contributed by atoms with Crippen LogP contribution in [0.25, 0.3) is 0 Å². The van der Waals surface area contributed by atoms with Crippen molar-refractivity contribution >= 4 is 87.4 Å². The number of hydrogen-bond donors (Lipinski definition) is 1. The molecule has 2 aliphatic rings. The highest BCUT2D eigenvalue weighted by molar-refractivity contribution is 7.46. The standard InChI is InChI=1S/C6H6Cl6.C4H9FNO3P.H3P/c7-1-2(8)4(10)6(12)5(11)3(1)9;5-10(7,8)9-6-3-1-2-4-6;/h1-6H;1-4H2,(H,7,8);1H3/t1-,2-,3-,4+,5+,6+;;. The molecule has 2 atom stereocenters. The maximum atomic E-state index is 11.9. The molecular formula is C10H18Cl6FNO3P2. The first-order valence-electron chi connectivity index (χ1n) is 6.36. The molecule has 1 aliphatic carbocycles. The van der Waals surface area contributed by atoms with Crippen molar-refractivity contribution in [2.75, 3.05) is 13.1 Å². The van der Waals surface area contributed by atoms with Gasteiger partial charge >= 0.3 is 7.91 Å². The number of rotatable bonds is 2. The van der Waals surface area contributed by atoms with Crippen molar-refractivity contribution in [3.8, 4) is 0 Å². The summed E-state index contributed by atoms with van der Waals surface area (Å²) in [6.45, 7) is 1.07. The number of hydrogen-bond acceptors (Lipinski definition) is 3. The van der Waals surface area contributed by atoms with Crippen LogP contribution in [-0.2, 0) is 9.19 Å². The van der Waals surface area contributed by atoms with Gasteiger partial charge in [0.2, 0.25) is 0 Å². The van der Waals surface area contributed by atoms with Crippen molar-refractivity contribution in [1.82, 2.24) is 5.06 Å². The normalized spacial score (nSPS) is 40.5. The number of alkyl halides is 6. The van der Waals surface area contributed by atoms with Crippen molar-refractivity contribution in [2.24, 2.45) is 0 Å². The van der Waals surface area contributed by atoms with Crippen LogP contribution in [0.2, 0.25) is 0 Å². The second-order valence-corrected chi connectivity index (χ2v) is 8.93. The molecule has 140 valence electrons. The van der Waals surface area contributed by atoms with Gasteiger partial charge in [0.05, 0.1) is 32.3 Å². The predicted octanol–water partition coefficient (Wildman–Crippen LogP) is 4.79. The Morgan fingerprint density at radius 2 is 1.13 bits per heavy atom. The molecule has 0 bridgehead atoms. The van der Waals surface area contributed by atoms with Crippen molar-refractivity contribution in [2.45, 2.75) is 45.1 Å². The van der Waals surface area contributed by atoms with Crippen LogP contribution in [-0.4, -0.2) is 55.3 Å². The lowest BCUT2D eigenvalue weighted by Crippen LogP contribution is -2.52. The van der Waals surface area contributed by atoms with E-state index in [-0.39, 0.29) is 9.90 Å². The minimum absolute atomic E-state index is 0. The summed E-state index contributed by atoms with van der Waals surface area (Å²) in [6, 6.07) is 0. The molecule has 0 aromatic carbocycles. The highest BCUT2D eigenvalue weighted by Gasteiger charge is 2.46. The fraction of sp³-hybridized carbons (Fsp3) is 1.00. The van der Waals surface area contributed by atoms with Crippen LogP contribution in [0.3, 0.4) is 0 Å². The van der Waals surface area contributed by atoms with E-state index in [1.54, 1.807) is 0 Å². The van der Waals surface area contributed by atoms with Crippen LogP contribution in [0.4, 0.5) is 4.20 Å². The van der Waals surface area contributed by atoms with E-state index in [1.807, 2.05) is 0 Å². The third-order valence-corrected chi connectivity index (χ3v) is 7.57. The Labute approximate surface area is 168 Å². The van der Waals surface area contributed by atoms with E-state index < -0.39 is 40.2 Å². The minimum Gasteiger partial charge on any atom is -0.298 e. The Morgan fingerprint density at radius 1 is 0.870 bits per heavy atom. The average molecular weight is 494 g/mol. The molecule has 1 heterocycles. The van der Waals surface area contributed by atoms with Crippen LogP contribution >= 0.6 is 87.4 Å². The molecule has 0 spiro atoms. The van der Waals surface area contributed by atoms with Gasteiger partial charge in [-0.05, 0) is 12.8 Å². The van der Waals surface area contributed by atoms with Crippen molar-refractivity contribution in [3.63, 3.8) is 0 Å². The Balaban J connectivity index is 0.000000409. The van der Waals surface area contributed by atoms with Crippen LogP contribution in [0.5, 0.6) is 0 Å². The predicted molar refractivity (Wildman–Crippen MR) is 102 cm³/mol. The molecule has 0 amide bonds. The maximum Gasteiger partial charge on any atom is 0.527 e. The number of halogens is 7. The van der Waals surface area contributed by atoms with Crippen molar-refractivity contribution in [3.05, 3.63) is 0 Å². The Kier molecular flexibility index (Phi) is 12.2. The summed E-state index contributed by atoms with van der Waals surface area (Å²) in [5.74, 6) is 0. The molecule has 13 heteroatoms. The summed E-state index contributed by atoms with van der Waals surface area (Å²) in [5.41, 5.74) is 0. The molecule has 0 aromatic heterocycles. The lowest BCUT2D eigenvalue weighted by molar-refractivity contribution is -0.0535. The van der Waals surface area contributed by atoms with E-state index in [0.717, 1.165) is 12.8 Å². The zero-order valence-corrected chi connectivity index (χ0v) is 18.6. The molecule has 1 aliphatic heterocycles. The third kappa shape index (κ3) is 8.18. The fourth-order valence-electron chi connectivity index (χ4n) is 1.97. The van der Waals surface area contributed by atoms with Gasteiger partial charge in [0.25, 0.3) is 0 Å². The summed E-state index contributed by atoms with van der Waals surface area (Å²) < 4.78 is 26.0. The van der Waals surface area contributed by atoms with Gasteiger partial charge in [0, 0.05) is 13.1 Å². The molecule has 4 nitrogen and oxygen atoms in total. The molecular weight excluding hydrogens is 476 g/mol. The summed E-state index contributed by atoms with van der Waals surface area (Å²) >= 11 is 35.3. The van der Waals surface area contributed by atoms with Gasteiger partial charge in [-0.25, -0.2) is 4.57 Å². The first kappa shape index (κ1) is 25.2. The summed E-state index contributed by atoms with van der Waals surface area (Å²) in [6.07, 6.45) is 1.78. The molecule has 2 unspecified atom stereocenters. The molecule has 2 rings (SSSR count). The lowest BCUT2D eigenvalue weighted by atomic mass is 9.97. The highest BCUT2D eigenvalue weighted by Crippen LogP contribution is 2.44. The second-order valence-electron chi connectivity index (χ2n) is 4.84. The van der Waals surface area contributed by atoms with Gasteiger partial charge in [0.15, 0.2) is 0 Å². The van der Waals surface area contributed by atoms with Gasteiger partial charge in [-0.3, -0.25) is 4.89 Å². The van der Waals surface area contributed by atoms with Gasteiger partial charge in [0.1, 0.15) is 0 Å². The third-order valence-electron chi connectivity index (χ3n) is 3.11. The summed E-state index contributed by atoms with van der Waals surface area (Å²) in [7, 11) is -4.79. The minimum atomic E-state index is -4.79. The van der Waals surface area contributed by atoms with Gasteiger partial charge in [-0.2, -0.15) is 19.6 Å². The SMILES string of the molecule is Cl[C@H]1[C@H](Cl)[C@@H](Cl)[C@@H](Cl)[C@H](Cl)[C@H]1Cl.O=P(O)(F)ON1CCCC1.P.